The topological polar surface area (TPSA) is 88.8 Å². The minimum atomic E-state index is -3.62. The van der Waals surface area contributed by atoms with E-state index in [0.717, 1.165) is 0 Å². The molecule has 7 heteroatoms. The number of nitrogens with one attached hydrogen (secondary N) is 1. The van der Waals surface area contributed by atoms with Crippen molar-refractivity contribution in [3.8, 4) is 0 Å². The van der Waals surface area contributed by atoms with Crippen LogP contribution in [-0.2, 0) is 21.4 Å². The number of furan rings is 1. The Morgan fingerprint density at radius 2 is 2.22 bits per heavy atom. The molecule has 0 saturated heterocycles. The number of sulfonamides is 1. The first-order valence-electron chi connectivity index (χ1n) is 5.62. The molecule has 0 radical (unpaired) electrons. The maximum absolute atomic E-state index is 12.1. The maximum atomic E-state index is 12.1. The number of aryl methyl sites for hydroxylation is 1. The molecule has 1 aromatic heterocycles. The van der Waals surface area contributed by atoms with E-state index in [0.29, 0.717) is 13.0 Å². The summed E-state index contributed by atoms with van der Waals surface area (Å²) in [6.07, 6.45) is 0.583. The number of aliphatic hydroxyl groups is 1. The van der Waals surface area contributed by atoms with Gasteiger partial charge in [-0.15, -0.1) is 0 Å². The minimum absolute atomic E-state index is 0.0656. The zero-order valence-corrected chi connectivity index (χ0v) is 11.6. The van der Waals surface area contributed by atoms with Crippen LogP contribution in [0.5, 0.6) is 0 Å². The lowest BCUT2D eigenvalue weighted by atomic mass is 10.3. The second-order valence-corrected chi connectivity index (χ2v) is 5.78. The van der Waals surface area contributed by atoms with Crippen LogP contribution in [0.1, 0.15) is 24.9 Å². The Morgan fingerprint density at radius 3 is 2.72 bits per heavy atom. The smallest absolute Gasteiger partial charge is 0.244 e. The maximum Gasteiger partial charge on any atom is 0.244 e. The molecule has 1 atom stereocenters. The molecule has 0 amide bonds. The fourth-order valence-corrected chi connectivity index (χ4v) is 3.03. The second-order valence-electron chi connectivity index (χ2n) is 4.10. The van der Waals surface area contributed by atoms with Crippen LogP contribution in [0.3, 0.4) is 0 Å². The zero-order chi connectivity index (χ0) is 13.8. The van der Waals surface area contributed by atoms with E-state index in [9.17, 15) is 8.42 Å². The van der Waals surface area contributed by atoms with E-state index in [1.807, 2.05) is 0 Å². The van der Waals surface area contributed by atoms with Crippen molar-refractivity contribution in [1.82, 2.24) is 4.72 Å². The summed E-state index contributed by atoms with van der Waals surface area (Å²) in [6, 6.07) is 1.10. The summed E-state index contributed by atoms with van der Waals surface area (Å²) in [6.45, 7) is 3.47. The number of aliphatic hydroxyl groups excluding tert-OH is 1. The highest BCUT2D eigenvalue weighted by atomic mass is 32.2. The van der Waals surface area contributed by atoms with Gasteiger partial charge in [0.05, 0.1) is 0 Å². The third-order valence-electron chi connectivity index (χ3n) is 2.48. The largest absolute Gasteiger partial charge is 0.462 e. The van der Waals surface area contributed by atoms with Gasteiger partial charge in [0.15, 0.2) is 0 Å². The average Bonchev–Trinajstić information content (AvgIpc) is 2.68. The van der Waals surface area contributed by atoms with Crippen LogP contribution in [0.2, 0.25) is 0 Å². The molecule has 0 aliphatic rings. The predicted octanol–water partition coefficient (Wildman–Crippen LogP) is 0.784. The lowest BCUT2D eigenvalue weighted by Crippen LogP contribution is -2.33. The summed E-state index contributed by atoms with van der Waals surface area (Å²) in [7, 11) is -2.06. The van der Waals surface area contributed by atoms with Crippen molar-refractivity contribution < 1.29 is 22.7 Å². The van der Waals surface area contributed by atoms with Crippen molar-refractivity contribution in [1.29, 1.82) is 0 Å². The molecule has 1 unspecified atom stereocenters. The fourth-order valence-electron chi connectivity index (χ4n) is 1.55. The first kappa shape index (κ1) is 15.2. The standard InChI is InChI=1S/C11H19NO5S/c1-8(4-5-16-3)12-18(14,15)11-6-10(7-13)17-9(11)2/h6,8,12-13H,4-5,7H2,1-3H3. The number of methoxy groups -OCH3 is 1. The van der Waals surface area contributed by atoms with Crippen molar-refractivity contribution >= 4 is 10.0 Å². The van der Waals surface area contributed by atoms with Crippen LogP contribution < -0.4 is 4.72 Å². The van der Waals surface area contributed by atoms with Gasteiger partial charge in [0, 0.05) is 25.8 Å². The highest BCUT2D eigenvalue weighted by Crippen LogP contribution is 2.20. The zero-order valence-electron chi connectivity index (χ0n) is 10.8. The molecule has 0 bridgehead atoms. The number of hydrogen-bond acceptors (Lipinski definition) is 5. The summed E-state index contributed by atoms with van der Waals surface area (Å²) in [4.78, 5) is 0.0656. The van der Waals surface area contributed by atoms with E-state index in [1.165, 1.54) is 6.07 Å². The Labute approximate surface area is 107 Å². The van der Waals surface area contributed by atoms with Crippen molar-refractivity contribution in [2.24, 2.45) is 0 Å². The first-order valence-corrected chi connectivity index (χ1v) is 7.10. The molecule has 2 N–H and O–H groups in total. The summed E-state index contributed by atoms with van der Waals surface area (Å²) >= 11 is 0. The van der Waals surface area contributed by atoms with E-state index in [2.05, 4.69) is 4.72 Å². The van der Waals surface area contributed by atoms with Crippen LogP contribution in [0.15, 0.2) is 15.4 Å². The molecule has 1 aromatic rings. The summed E-state index contributed by atoms with van der Waals surface area (Å²) in [5.41, 5.74) is 0. The normalized spacial score (nSPS) is 13.8. The van der Waals surface area contributed by atoms with Crippen LogP contribution in [-0.4, -0.2) is 33.3 Å². The second kappa shape index (κ2) is 6.33. The fraction of sp³-hybridized carbons (Fsp3) is 0.636. The Kier molecular flexibility index (Phi) is 5.33. The number of rotatable bonds is 7. The molecule has 18 heavy (non-hydrogen) atoms. The molecule has 6 nitrogen and oxygen atoms in total. The molecule has 0 aliphatic carbocycles. The van der Waals surface area contributed by atoms with E-state index < -0.39 is 10.0 Å². The Morgan fingerprint density at radius 1 is 1.56 bits per heavy atom. The molecule has 104 valence electrons. The van der Waals surface area contributed by atoms with Gasteiger partial charge in [-0.3, -0.25) is 0 Å². The predicted molar refractivity (Wildman–Crippen MR) is 65.6 cm³/mol. The third kappa shape index (κ3) is 3.81. The van der Waals surface area contributed by atoms with Gasteiger partial charge in [0.1, 0.15) is 23.0 Å². The number of ether oxygens (including phenoxy) is 1. The van der Waals surface area contributed by atoms with E-state index >= 15 is 0 Å². The average molecular weight is 277 g/mol. The summed E-state index contributed by atoms with van der Waals surface area (Å²) in [5.74, 6) is 0.503. The van der Waals surface area contributed by atoms with Gasteiger partial charge in [-0.25, -0.2) is 13.1 Å². The first-order chi connectivity index (χ1) is 8.40. The Balaban J connectivity index is 2.82. The van der Waals surface area contributed by atoms with Gasteiger partial charge >= 0.3 is 0 Å². The molecule has 0 fully saturated rings. The molecule has 0 aromatic carbocycles. The van der Waals surface area contributed by atoms with Crippen molar-refractivity contribution in [2.45, 2.75) is 37.8 Å². The van der Waals surface area contributed by atoms with E-state index in [4.69, 9.17) is 14.3 Å². The minimum Gasteiger partial charge on any atom is -0.462 e. The van der Waals surface area contributed by atoms with Crippen molar-refractivity contribution in [2.75, 3.05) is 13.7 Å². The Hall–Kier alpha value is -0.890. The van der Waals surface area contributed by atoms with Gasteiger partial charge in [-0.1, -0.05) is 0 Å². The summed E-state index contributed by atoms with van der Waals surface area (Å²) in [5, 5.41) is 8.91. The summed E-state index contributed by atoms with van der Waals surface area (Å²) < 4.78 is 36.7. The number of hydrogen-bond donors (Lipinski definition) is 2. The van der Waals surface area contributed by atoms with Gasteiger partial charge in [-0.05, 0) is 20.3 Å². The van der Waals surface area contributed by atoms with Crippen molar-refractivity contribution in [3.05, 3.63) is 17.6 Å². The molecular weight excluding hydrogens is 258 g/mol. The lowest BCUT2D eigenvalue weighted by molar-refractivity contribution is 0.188. The molecule has 1 rings (SSSR count). The molecule has 0 saturated carbocycles. The van der Waals surface area contributed by atoms with Gasteiger partial charge in [-0.2, -0.15) is 0 Å². The molecule has 1 heterocycles. The molecule has 0 spiro atoms. The van der Waals surface area contributed by atoms with Gasteiger partial charge in [0.2, 0.25) is 10.0 Å². The van der Waals surface area contributed by atoms with E-state index in [1.54, 1.807) is 21.0 Å². The van der Waals surface area contributed by atoms with Crippen molar-refractivity contribution in [3.63, 3.8) is 0 Å². The lowest BCUT2D eigenvalue weighted by Gasteiger charge is -2.12. The highest BCUT2D eigenvalue weighted by Gasteiger charge is 2.22. The Bertz CT molecular complexity index is 480. The van der Waals surface area contributed by atoms with E-state index in [-0.39, 0.29) is 29.1 Å². The SMILES string of the molecule is COCCC(C)NS(=O)(=O)c1cc(CO)oc1C. The van der Waals surface area contributed by atoms with Crippen LogP contribution >= 0.6 is 0 Å². The quantitative estimate of drug-likeness (QED) is 0.769. The van der Waals surface area contributed by atoms with Crippen LogP contribution in [0, 0.1) is 6.92 Å². The third-order valence-corrected chi connectivity index (χ3v) is 4.18. The van der Waals surface area contributed by atoms with Gasteiger partial charge < -0.3 is 14.3 Å². The van der Waals surface area contributed by atoms with Crippen LogP contribution in [0.25, 0.3) is 0 Å². The molecule has 0 aliphatic heterocycles. The monoisotopic (exact) mass is 277 g/mol. The molecular formula is C11H19NO5S. The highest BCUT2D eigenvalue weighted by molar-refractivity contribution is 7.89. The van der Waals surface area contributed by atoms with Crippen LogP contribution in [0.4, 0.5) is 0 Å². The van der Waals surface area contributed by atoms with Gasteiger partial charge in [0.25, 0.3) is 0 Å².